The van der Waals surface area contributed by atoms with Crippen LogP contribution in [0.3, 0.4) is 0 Å². The van der Waals surface area contributed by atoms with Gasteiger partial charge >= 0.3 is 12.1 Å². The topological polar surface area (TPSA) is 116 Å². The van der Waals surface area contributed by atoms with Gasteiger partial charge in [-0.15, -0.1) is 0 Å². The first-order valence-electron chi connectivity index (χ1n) is 7.32. The Bertz CT molecular complexity index is 465. The van der Waals surface area contributed by atoms with Crippen LogP contribution in [0.15, 0.2) is 0 Å². The monoisotopic (exact) mass is 334 g/mol. The molecular formula is C14H23FN2O6. The summed E-state index contributed by atoms with van der Waals surface area (Å²) < 4.78 is 18.6. The molecule has 23 heavy (non-hydrogen) atoms. The second-order valence-corrected chi connectivity index (χ2v) is 6.46. The van der Waals surface area contributed by atoms with E-state index in [1.165, 1.54) is 0 Å². The summed E-state index contributed by atoms with van der Waals surface area (Å²) in [5.41, 5.74) is -0.775. The predicted octanol–water partition coefficient (Wildman–Crippen LogP) is 0.633. The molecule has 0 aromatic rings. The Morgan fingerprint density at radius 1 is 1.48 bits per heavy atom. The number of aliphatic hydroxyl groups is 1. The maximum absolute atomic E-state index is 13.5. The third-order valence-electron chi connectivity index (χ3n) is 3.16. The van der Waals surface area contributed by atoms with Crippen molar-refractivity contribution in [1.82, 2.24) is 10.2 Å². The molecule has 0 saturated carbocycles. The summed E-state index contributed by atoms with van der Waals surface area (Å²) in [4.78, 5) is 35.3. The van der Waals surface area contributed by atoms with E-state index in [1.54, 1.807) is 20.8 Å². The molecule has 3 N–H and O–H groups in total. The molecule has 0 aromatic carbocycles. The number of hydrogen-bond acceptors (Lipinski definition) is 5. The number of carbonyl (C=O) groups excluding carboxylic acids is 2. The quantitative estimate of drug-likeness (QED) is 0.679. The fraction of sp³-hybridized carbons (Fsp3) is 0.786. The lowest BCUT2D eigenvalue weighted by atomic mass is 10.0. The van der Waals surface area contributed by atoms with Crippen LogP contribution < -0.4 is 5.32 Å². The molecule has 3 atom stereocenters. The van der Waals surface area contributed by atoms with Gasteiger partial charge in [-0.2, -0.15) is 0 Å². The number of nitrogens with zero attached hydrogens (tertiary/aromatic N) is 1. The lowest BCUT2D eigenvalue weighted by molar-refractivity contribution is -0.156. The largest absolute Gasteiger partial charge is 0.481 e. The van der Waals surface area contributed by atoms with Crippen LogP contribution in [-0.2, 0) is 14.3 Å². The van der Waals surface area contributed by atoms with Crippen molar-refractivity contribution in [3.05, 3.63) is 0 Å². The molecule has 1 aliphatic heterocycles. The number of rotatable bonds is 5. The number of piperidine rings is 1. The van der Waals surface area contributed by atoms with E-state index in [9.17, 15) is 23.9 Å². The lowest BCUT2D eigenvalue weighted by Crippen LogP contribution is -2.55. The number of hydrogen-bond donors (Lipinski definition) is 3. The van der Waals surface area contributed by atoms with Crippen molar-refractivity contribution in [2.75, 3.05) is 6.54 Å². The summed E-state index contributed by atoms with van der Waals surface area (Å²) in [5.74, 6) is -1.70. The molecule has 1 fully saturated rings. The molecule has 132 valence electrons. The molecule has 0 radical (unpaired) electrons. The van der Waals surface area contributed by atoms with Gasteiger partial charge in [-0.05, 0) is 27.2 Å². The first-order chi connectivity index (χ1) is 10.5. The first kappa shape index (κ1) is 19.1. The van der Waals surface area contributed by atoms with E-state index in [4.69, 9.17) is 9.84 Å². The molecule has 1 saturated heterocycles. The number of amides is 2. The molecule has 9 heteroatoms. The highest BCUT2D eigenvalue weighted by Crippen LogP contribution is 2.20. The maximum Gasteiger partial charge on any atom is 0.407 e. The molecule has 2 unspecified atom stereocenters. The summed E-state index contributed by atoms with van der Waals surface area (Å²) in [6, 6.07) is -1.01. The Balaban J connectivity index is 2.75. The van der Waals surface area contributed by atoms with Gasteiger partial charge in [0.25, 0.3) is 0 Å². The van der Waals surface area contributed by atoms with Gasteiger partial charge in [-0.3, -0.25) is 9.59 Å². The normalized spacial score (nSPS) is 23.3. The van der Waals surface area contributed by atoms with Gasteiger partial charge in [-0.25, -0.2) is 9.18 Å². The van der Waals surface area contributed by atoms with Crippen molar-refractivity contribution in [2.45, 2.75) is 64.1 Å². The molecule has 0 spiro atoms. The second-order valence-electron chi connectivity index (χ2n) is 6.46. The molecule has 8 nitrogen and oxygen atoms in total. The number of aliphatic hydroxyl groups excluding tert-OH is 1. The van der Waals surface area contributed by atoms with Gasteiger partial charge < -0.3 is 25.2 Å². The molecule has 1 aliphatic rings. The smallest absolute Gasteiger partial charge is 0.407 e. The van der Waals surface area contributed by atoms with Crippen LogP contribution in [0.1, 0.15) is 40.0 Å². The maximum atomic E-state index is 13.5. The molecule has 0 bridgehead atoms. The van der Waals surface area contributed by atoms with Gasteiger partial charge in [-0.1, -0.05) is 0 Å². The number of halogens is 1. The summed E-state index contributed by atoms with van der Waals surface area (Å²) in [5, 5.41) is 21.0. The third-order valence-corrected chi connectivity index (χ3v) is 3.16. The van der Waals surface area contributed by atoms with Gasteiger partial charge in [0.2, 0.25) is 5.91 Å². The Hall–Kier alpha value is -1.90. The third kappa shape index (κ3) is 6.39. The number of nitrogens with one attached hydrogen (secondary N) is 1. The highest BCUT2D eigenvalue weighted by atomic mass is 19.1. The second kappa shape index (κ2) is 7.58. The van der Waals surface area contributed by atoms with E-state index in [1.807, 2.05) is 0 Å². The summed E-state index contributed by atoms with van der Waals surface area (Å²) in [6.45, 7) is 4.62. The van der Waals surface area contributed by atoms with Crippen molar-refractivity contribution < 1.29 is 33.7 Å². The van der Waals surface area contributed by atoms with E-state index in [-0.39, 0.29) is 19.4 Å². The average Bonchev–Trinajstić information content (AvgIpc) is 2.36. The number of carbonyl (C=O) groups is 3. The Morgan fingerprint density at radius 3 is 2.61 bits per heavy atom. The van der Waals surface area contributed by atoms with Crippen molar-refractivity contribution in [3.63, 3.8) is 0 Å². The summed E-state index contributed by atoms with van der Waals surface area (Å²) in [6.07, 6.45) is -4.75. The highest BCUT2D eigenvalue weighted by Gasteiger charge is 2.36. The minimum Gasteiger partial charge on any atom is -0.481 e. The predicted molar refractivity (Wildman–Crippen MR) is 77.3 cm³/mol. The number of carboxylic acid groups (broad SMARTS) is 1. The van der Waals surface area contributed by atoms with Gasteiger partial charge in [0.1, 0.15) is 11.8 Å². The zero-order valence-corrected chi connectivity index (χ0v) is 13.4. The van der Waals surface area contributed by atoms with Crippen LogP contribution in [0.25, 0.3) is 0 Å². The zero-order chi connectivity index (χ0) is 17.8. The molecule has 1 rings (SSSR count). The molecule has 1 heterocycles. The summed E-state index contributed by atoms with van der Waals surface area (Å²) >= 11 is 0. The van der Waals surface area contributed by atoms with E-state index in [0.717, 1.165) is 4.90 Å². The van der Waals surface area contributed by atoms with E-state index in [0.29, 0.717) is 0 Å². The van der Waals surface area contributed by atoms with E-state index >= 15 is 0 Å². The van der Waals surface area contributed by atoms with Crippen LogP contribution in [0.2, 0.25) is 0 Å². The Labute approximate surface area is 133 Å². The first-order valence-corrected chi connectivity index (χ1v) is 7.32. The number of carboxylic acids is 1. The van der Waals surface area contributed by atoms with Crippen LogP contribution in [0, 0.1) is 0 Å². The number of alkyl carbamates (subject to hydrolysis) is 1. The SMILES string of the molecule is CC(C)(C)OC(=O)N[C@@H](CC(=O)O)CN1C(=O)CCC(F)C1O. The van der Waals surface area contributed by atoms with Gasteiger partial charge in [0.05, 0.1) is 12.5 Å². The Morgan fingerprint density at radius 2 is 2.09 bits per heavy atom. The minimum absolute atomic E-state index is 0.0789. The molecule has 0 aromatic heterocycles. The lowest BCUT2D eigenvalue weighted by Gasteiger charge is -2.36. The highest BCUT2D eigenvalue weighted by molar-refractivity contribution is 5.78. The van der Waals surface area contributed by atoms with Crippen LogP contribution in [-0.4, -0.2) is 63.7 Å². The van der Waals surface area contributed by atoms with Crippen LogP contribution in [0.5, 0.6) is 0 Å². The number of aliphatic carboxylic acids is 1. The van der Waals surface area contributed by atoms with Gasteiger partial charge in [0, 0.05) is 13.0 Å². The summed E-state index contributed by atoms with van der Waals surface area (Å²) in [7, 11) is 0. The molecule has 0 aliphatic carbocycles. The van der Waals surface area contributed by atoms with Crippen molar-refractivity contribution >= 4 is 18.0 Å². The fourth-order valence-corrected chi connectivity index (χ4v) is 2.19. The zero-order valence-electron chi connectivity index (χ0n) is 13.4. The minimum atomic E-state index is -1.65. The fourth-order valence-electron chi connectivity index (χ4n) is 2.19. The molecule has 2 amide bonds. The number of alkyl halides is 1. The van der Waals surface area contributed by atoms with E-state index < -0.39 is 48.4 Å². The standard InChI is InChI=1S/C14H23FN2O6/c1-14(2,3)23-13(22)16-8(6-11(19)20)7-17-10(18)5-4-9(15)12(17)21/h8-9,12,21H,4-7H2,1-3H3,(H,16,22)(H,19,20)/t8-,9?,12?/m0/s1. The number of ether oxygens (including phenoxy) is 1. The number of likely N-dealkylation sites (tertiary alicyclic amines) is 1. The van der Waals surface area contributed by atoms with E-state index in [2.05, 4.69) is 5.32 Å². The van der Waals surface area contributed by atoms with Crippen LogP contribution in [0.4, 0.5) is 9.18 Å². The van der Waals surface area contributed by atoms with Crippen molar-refractivity contribution in [3.8, 4) is 0 Å². The van der Waals surface area contributed by atoms with Crippen molar-refractivity contribution in [1.29, 1.82) is 0 Å². The van der Waals surface area contributed by atoms with Crippen molar-refractivity contribution in [2.24, 2.45) is 0 Å². The molecular weight excluding hydrogens is 311 g/mol. The average molecular weight is 334 g/mol. The van der Waals surface area contributed by atoms with Gasteiger partial charge in [0.15, 0.2) is 6.23 Å². The Kier molecular flexibility index (Phi) is 6.31. The van der Waals surface area contributed by atoms with Crippen LogP contribution >= 0.6 is 0 Å².